The Hall–Kier alpha value is -3.10. The number of aryl methyl sites for hydroxylation is 1. The predicted molar refractivity (Wildman–Crippen MR) is 139 cm³/mol. The van der Waals surface area contributed by atoms with Crippen molar-refractivity contribution in [1.82, 2.24) is 9.62 Å². The zero-order valence-corrected chi connectivity index (χ0v) is 21.7. The molecular formula is C29H32F2N2O3S. The Morgan fingerprint density at radius 1 is 0.892 bits per heavy atom. The molecule has 196 valence electrons. The van der Waals surface area contributed by atoms with Crippen LogP contribution in [-0.2, 0) is 27.9 Å². The summed E-state index contributed by atoms with van der Waals surface area (Å²) in [4.78, 5) is 12.5. The van der Waals surface area contributed by atoms with Gasteiger partial charge in [-0.05, 0) is 67.9 Å². The van der Waals surface area contributed by atoms with E-state index in [0.29, 0.717) is 32.2 Å². The number of carbonyl (C=O) groups excluding carboxylic acids is 1. The van der Waals surface area contributed by atoms with Gasteiger partial charge in [0.05, 0.1) is 4.90 Å². The lowest BCUT2D eigenvalue weighted by molar-refractivity contribution is -0.126. The summed E-state index contributed by atoms with van der Waals surface area (Å²) < 4.78 is 55.6. The minimum atomic E-state index is -4.06. The first-order chi connectivity index (χ1) is 17.7. The van der Waals surface area contributed by atoms with Crippen molar-refractivity contribution in [2.24, 2.45) is 11.8 Å². The average Bonchev–Trinajstić information content (AvgIpc) is 2.90. The van der Waals surface area contributed by atoms with Gasteiger partial charge in [0.1, 0.15) is 0 Å². The SMILES string of the molecule is Cc1ccc(CNC(=O)C2CCC(CN(Cc3ccccc3)S(=O)(=O)c3ccc(F)c(F)c3)CC2)cc1. The van der Waals surface area contributed by atoms with Gasteiger partial charge in [0.25, 0.3) is 0 Å². The number of nitrogens with one attached hydrogen (secondary N) is 1. The fraction of sp³-hybridized carbons (Fsp3) is 0.345. The van der Waals surface area contributed by atoms with Crippen LogP contribution < -0.4 is 5.32 Å². The predicted octanol–water partition coefficient (Wildman–Crippen LogP) is 5.59. The minimum Gasteiger partial charge on any atom is -0.352 e. The fourth-order valence-electron chi connectivity index (χ4n) is 4.76. The van der Waals surface area contributed by atoms with Gasteiger partial charge in [0.15, 0.2) is 11.6 Å². The van der Waals surface area contributed by atoms with Gasteiger partial charge in [-0.15, -0.1) is 0 Å². The third-order valence-corrected chi connectivity index (χ3v) is 8.80. The third-order valence-electron chi connectivity index (χ3n) is 7.00. The van der Waals surface area contributed by atoms with Gasteiger partial charge < -0.3 is 5.32 Å². The summed E-state index contributed by atoms with van der Waals surface area (Å²) in [5.74, 6) is -2.31. The number of nitrogens with zero attached hydrogens (tertiary/aromatic N) is 1. The molecule has 0 heterocycles. The van der Waals surface area contributed by atoms with Crippen LogP contribution in [0, 0.1) is 30.4 Å². The molecule has 1 amide bonds. The first-order valence-electron chi connectivity index (χ1n) is 12.5. The van der Waals surface area contributed by atoms with Crippen LogP contribution in [-0.4, -0.2) is 25.2 Å². The van der Waals surface area contributed by atoms with Crippen LogP contribution >= 0.6 is 0 Å². The second kappa shape index (κ2) is 12.0. The van der Waals surface area contributed by atoms with E-state index in [0.717, 1.165) is 29.3 Å². The van der Waals surface area contributed by atoms with Crippen molar-refractivity contribution in [3.05, 3.63) is 101 Å². The zero-order valence-electron chi connectivity index (χ0n) is 20.9. The van der Waals surface area contributed by atoms with Gasteiger partial charge in [-0.2, -0.15) is 4.31 Å². The first kappa shape index (κ1) is 26.9. The summed E-state index contributed by atoms with van der Waals surface area (Å²) in [6.07, 6.45) is 2.77. The van der Waals surface area contributed by atoms with Crippen molar-refractivity contribution in [3.8, 4) is 0 Å². The summed E-state index contributed by atoms with van der Waals surface area (Å²) in [7, 11) is -4.06. The number of hydrogen-bond donors (Lipinski definition) is 1. The second-order valence-electron chi connectivity index (χ2n) is 9.78. The van der Waals surface area contributed by atoms with Crippen LogP contribution in [0.4, 0.5) is 8.78 Å². The van der Waals surface area contributed by atoms with E-state index in [2.05, 4.69) is 5.32 Å². The number of rotatable bonds is 9. The molecule has 3 aromatic rings. The Labute approximate surface area is 217 Å². The number of carbonyl (C=O) groups is 1. The molecule has 1 fully saturated rings. The number of sulfonamides is 1. The molecule has 1 aliphatic carbocycles. The van der Waals surface area contributed by atoms with E-state index in [4.69, 9.17) is 0 Å². The maximum absolute atomic E-state index is 13.9. The summed E-state index contributed by atoms with van der Waals surface area (Å²) in [5, 5.41) is 3.02. The molecule has 0 unspecified atom stereocenters. The van der Waals surface area contributed by atoms with Gasteiger partial charge in [0.2, 0.25) is 15.9 Å². The van der Waals surface area contributed by atoms with E-state index in [9.17, 15) is 22.0 Å². The van der Waals surface area contributed by atoms with E-state index < -0.39 is 21.7 Å². The molecule has 4 rings (SSSR count). The number of halogens is 2. The Bertz CT molecular complexity index is 1310. The quantitative estimate of drug-likeness (QED) is 0.396. The van der Waals surface area contributed by atoms with Crippen molar-refractivity contribution in [2.75, 3.05) is 6.54 Å². The number of amides is 1. The Morgan fingerprint density at radius 2 is 1.57 bits per heavy atom. The summed E-state index contributed by atoms with van der Waals surface area (Å²) >= 11 is 0. The van der Waals surface area contributed by atoms with E-state index in [1.807, 2.05) is 61.5 Å². The van der Waals surface area contributed by atoms with Crippen LogP contribution in [0.25, 0.3) is 0 Å². The van der Waals surface area contributed by atoms with Gasteiger partial charge in [-0.1, -0.05) is 60.2 Å². The fourth-order valence-corrected chi connectivity index (χ4v) is 6.27. The summed E-state index contributed by atoms with van der Waals surface area (Å²) in [6.45, 7) is 2.87. The van der Waals surface area contributed by atoms with Crippen LogP contribution in [0.3, 0.4) is 0 Å². The molecule has 1 aliphatic rings. The lowest BCUT2D eigenvalue weighted by atomic mass is 9.81. The van der Waals surface area contributed by atoms with Gasteiger partial charge >= 0.3 is 0 Å². The molecule has 0 bridgehead atoms. The molecule has 0 spiro atoms. The highest BCUT2D eigenvalue weighted by Crippen LogP contribution is 2.32. The molecule has 1 N–H and O–H groups in total. The van der Waals surface area contributed by atoms with E-state index in [1.165, 1.54) is 9.87 Å². The standard InChI is InChI=1S/C29H32F2N2O3S/c1-21-7-9-22(10-8-21)18-32-29(34)25-13-11-24(12-14-25)20-33(19-23-5-3-2-4-6-23)37(35,36)26-15-16-27(30)28(31)17-26/h2-10,15-17,24-25H,11-14,18-20H2,1H3,(H,32,34). The van der Waals surface area contributed by atoms with Crippen molar-refractivity contribution >= 4 is 15.9 Å². The number of benzene rings is 3. The highest BCUT2D eigenvalue weighted by Gasteiger charge is 2.32. The highest BCUT2D eigenvalue weighted by atomic mass is 32.2. The van der Waals surface area contributed by atoms with Crippen molar-refractivity contribution in [1.29, 1.82) is 0 Å². The van der Waals surface area contributed by atoms with Gasteiger partial charge in [-0.25, -0.2) is 17.2 Å². The molecule has 0 saturated heterocycles. The molecule has 0 aromatic heterocycles. The Morgan fingerprint density at radius 3 is 2.22 bits per heavy atom. The smallest absolute Gasteiger partial charge is 0.243 e. The third kappa shape index (κ3) is 7.02. The molecule has 3 aromatic carbocycles. The van der Waals surface area contributed by atoms with Crippen LogP contribution in [0.2, 0.25) is 0 Å². The summed E-state index contributed by atoms with van der Waals surface area (Å²) in [6, 6.07) is 19.9. The van der Waals surface area contributed by atoms with Gasteiger partial charge in [-0.3, -0.25) is 4.79 Å². The maximum Gasteiger partial charge on any atom is 0.243 e. The van der Waals surface area contributed by atoms with Crippen molar-refractivity contribution < 1.29 is 22.0 Å². The number of hydrogen-bond acceptors (Lipinski definition) is 3. The topological polar surface area (TPSA) is 66.5 Å². The zero-order chi connectivity index (χ0) is 26.4. The van der Waals surface area contributed by atoms with E-state index in [-0.39, 0.29) is 35.7 Å². The first-order valence-corrected chi connectivity index (χ1v) is 14.0. The molecule has 37 heavy (non-hydrogen) atoms. The van der Waals surface area contributed by atoms with Crippen LogP contribution in [0.5, 0.6) is 0 Å². The molecule has 5 nitrogen and oxygen atoms in total. The molecule has 0 radical (unpaired) electrons. The Kier molecular flexibility index (Phi) is 8.71. The van der Waals surface area contributed by atoms with Crippen molar-refractivity contribution in [2.45, 2.75) is 50.6 Å². The molecule has 0 aliphatic heterocycles. The van der Waals surface area contributed by atoms with Crippen LogP contribution in [0.15, 0.2) is 77.7 Å². The monoisotopic (exact) mass is 526 g/mol. The Balaban J connectivity index is 1.40. The lowest BCUT2D eigenvalue weighted by Crippen LogP contribution is -2.38. The second-order valence-corrected chi connectivity index (χ2v) is 11.7. The molecular weight excluding hydrogens is 494 g/mol. The van der Waals surface area contributed by atoms with E-state index in [1.54, 1.807) is 0 Å². The minimum absolute atomic E-state index is 0.0228. The largest absolute Gasteiger partial charge is 0.352 e. The van der Waals surface area contributed by atoms with E-state index >= 15 is 0 Å². The average molecular weight is 527 g/mol. The molecule has 8 heteroatoms. The van der Waals surface area contributed by atoms with Crippen molar-refractivity contribution in [3.63, 3.8) is 0 Å². The molecule has 0 atom stereocenters. The highest BCUT2D eigenvalue weighted by molar-refractivity contribution is 7.89. The normalized spacial score (nSPS) is 18.1. The lowest BCUT2D eigenvalue weighted by Gasteiger charge is -2.32. The summed E-state index contributed by atoms with van der Waals surface area (Å²) in [5.41, 5.74) is 3.02. The molecule has 1 saturated carbocycles. The maximum atomic E-state index is 13.9. The van der Waals surface area contributed by atoms with Crippen LogP contribution in [0.1, 0.15) is 42.4 Å². The van der Waals surface area contributed by atoms with Gasteiger partial charge in [0, 0.05) is 25.6 Å².